The molecule has 132 valence electrons. The highest BCUT2D eigenvalue weighted by atomic mass is 16.3. The highest BCUT2D eigenvalue weighted by Crippen LogP contribution is 2.31. The Bertz CT molecular complexity index is 898. The predicted octanol–water partition coefficient (Wildman–Crippen LogP) is 1.84. The van der Waals surface area contributed by atoms with Gasteiger partial charge in [-0.15, -0.1) is 5.10 Å². The summed E-state index contributed by atoms with van der Waals surface area (Å²) in [6.45, 7) is 6.18. The van der Waals surface area contributed by atoms with E-state index in [0.29, 0.717) is 25.2 Å². The van der Waals surface area contributed by atoms with Crippen molar-refractivity contribution in [2.24, 2.45) is 7.05 Å². The average molecular weight is 340 g/mol. The Kier molecular flexibility index (Phi) is 3.85. The van der Waals surface area contributed by atoms with E-state index in [1.165, 1.54) is 0 Å². The molecule has 3 heterocycles. The molecule has 0 spiro atoms. The number of aromatic nitrogens is 5. The maximum absolute atomic E-state index is 11.0. The molecular weight excluding hydrogens is 316 g/mol. The molecular formula is C18H24N6O. The van der Waals surface area contributed by atoms with Crippen molar-refractivity contribution < 1.29 is 5.11 Å². The van der Waals surface area contributed by atoms with E-state index in [-0.39, 0.29) is 6.04 Å². The maximum Gasteiger partial charge on any atom is 0.124 e. The summed E-state index contributed by atoms with van der Waals surface area (Å²) in [4.78, 5) is 6.96. The van der Waals surface area contributed by atoms with Crippen LogP contribution in [0.2, 0.25) is 0 Å². The van der Waals surface area contributed by atoms with Crippen LogP contribution in [0.15, 0.2) is 30.5 Å². The molecule has 1 aliphatic heterocycles. The molecule has 1 aliphatic rings. The number of imidazole rings is 1. The molecule has 0 bridgehead atoms. The number of hydrogen-bond donors (Lipinski definition) is 1. The van der Waals surface area contributed by atoms with Crippen molar-refractivity contribution in [3.63, 3.8) is 0 Å². The van der Waals surface area contributed by atoms with Gasteiger partial charge in [0.25, 0.3) is 0 Å². The zero-order valence-corrected chi connectivity index (χ0v) is 14.9. The van der Waals surface area contributed by atoms with Crippen LogP contribution >= 0.6 is 0 Å². The van der Waals surface area contributed by atoms with Gasteiger partial charge in [-0.05, 0) is 32.4 Å². The highest BCUT2D eigenvalue weighted by molar-refractivity contribution is 5.75. The molecule has 0 unspecified atom stereocenters. The molecule has 7 nitrogen and oxygen atoms in total. The number of hydrogen-bond acceptors (Lipinski definition) is 5. The summed E-state index contributed by atoms with van der Waals surface area (Å²) in [5, 5.41) is 19.4. The van der Waals surface area contributed by atoms with Crippen LogP contribution in [0, 0.1) is 0 Å². The fourth-order valence-corrected chi connectivity index (χ4v) is 3.49. The minimum Gasteiger partial charge on any atom is -0.382 e. The summed E-state index contributed by atoms with van der Waals surface area (Å²) in [5.74, 6) is 1.01. The quantitative estimate of drug-likeness (QED) is 0.785. The second-order valence-electron chi connectivity index (χ2n) is 7.25. The number of aliphatic hydroxyl groups is 1. The first kappa shape index (κ1) is 16.2. The smallest absolute Gasteiger partial charge is 0.124 e. The summed E-state index contributed by atoms with van der Waals surface area (Å²) < 4.78 is 3.92. The van der Waals surface area contributed by atoms with Crippen molar-refractivity contribution in [3.8, 4) is 0 Å². The predicted molar refractivity (Wildman–Crippen MR) is 94.9 cm³/mol. The molecule has 1 N–H and O–H groups in total. The van der Waals surface area contributed by atoms with Crippen molar-refractivity contribution in [1.29, 1.82) is 0 Å². The third-order valence-electron chi connectivity index (χ3n) is 5.09. The fraction of sp³-hybridized carbons (Fsp3) is 0.500. The largest absolute Gasteiger partial charge is 0.382 e. The van der Waals surface area contributed by atoms with Crippen LogP contribution in [0.5, 0.6) is 0 Å². The molecule has 1 aromatic carbocycles. The van der Waals surface area contributed by atoms with E-state index in [2.05, 4.69) is 39.7 Å². The molecule has 0 aliphatic carbocycles. The fourth-order valence-electron chi connectivity index (χ4n) is 3.49. The lowest BCUT2D eigenvalue weighted by atomic mass is 10.00. The van der Waals surface area contributed by atoms with E-state index in [1.54, 1.807) is 4.68 Å². The molecule has 1 fully saturated rings. The van der Waals surface area contributed by atoms with Gasteiger partial charge >= 0.3 is 0 Å². The third-order valence-corrected chi connectivity index (χ3v) is 5.09. The summed E-state index contributed by atoms with van der Waals surface area (Å²) in [6, 6.07) is 8.38. The number of fused-ring (bicyclic) bond motifs is 1. The molecule has 0 amide bonds. The van der Waals surface area contributed by atoms with Gasteiger partial charge in [0.2, 0.25) is 0 Å². The lowest BCUT2D eigenvalue weighted by Crippen LogP contribution is -2.31. The van der Waals surface area contributed by atoms with Crippen molar-refractivity contribution in [1.82, 2.24) is 29.4 Å². The molecule has 25 heavy (non-hydrogen) atoms. The molecule has 7 heteroatoms. The average Bonchev–Trinajstić information content (AvgIpc) is 3.28. The van der Waals surface area contributed by atoms with E-state index in [1.807, 2.05) is 31.4 Å². The van der Waals surface area contributed by atoms with E-state index in [9.17, 15) is 5.11 Å². The maximum atomic E-state index is 11.0. The SMILES string of the molecule is CC(C)n1cc([C@]2(O)CCN(Cc3nc4ccccc4n3C)C2)nn1. The normalized spacial score (nSPS) is 21.6. The minimum absolute atomic E-state index is 0.238. The molecule has 1 atom stereocenters. The van der Waals surface area contributed by atoms with Gasteiger partial charge in [0.15, 0.2) is 0 Å². The van der Waals surface area contributed by atoms with E-state index in [4.69, 9.17) is 4.98 Å². The van der Waals surface area contributed by atoms with Gasteiger partial charge in [0.1, 0.15) is 17.1 Å². The van der Waals surface area contributed by atoms with Gasteiger partial charge in [-0.1, -0.05) is 17.3 Å². The number of benzene rings is 1. The lowest BCUT2D eigenvalue weighted by Gasteiger charge is -2.21. The second-order valence-corrected chi connectivity index (χ2v) is 7.25. The van der Waals surface area contributed by atoms with Crippen LogP contribution in [0.3, 0.4) is 0 Å². The Morgan fingerprint density at radius 2 is 2.08 bits per heavy atom. The van der Waals surface area contributed by atoms with Gasteiger partial charge < -0.3 is 9.67 Å². The zero-order valence-electron chi connectivity index (χ0n) is 14.9. The van der Waals surface area contributed by atoms with Crippen LogP contribution in [-0.2, 0) is 19.2 Å². The number of aryl methyl sites for hydroxylation is 1. The van der Waals surface area contributed by atoms with Gasteiger partial charge in [0, 0.05) is 26.2 Å². The minimum atomic E-state index is -0.933. The molecule has 0 saturated carbocycles. The Balaban J connectivity index is 1.52. The van der Waals surface area contributed by atoms with E-state index >= 15 is 0 Å². The van der Waals surface area contributed by atoms with Gasteiger partial charge in [0.05, 0.1) is 23.8 Å². The number of β-amino-alcohol motifs (C(OH)–C–C–N with tert-alkyl or cyclic N) is 1. The Morgan fingerprint density at radius 1 is 1.28 bits per heavy atom. The van der Waals surface area contributed by atoms with Gasteiger partial charge in [-0.2, -0.15) is 0 Å². The number of likely N-dealkylation sites (tertiary alicyclic amines) is 1. The molecule has 1 saturated heterocycles. The summed E-state index contributed by atoms with van der Waals surface area (Å²) in [5.41, 5.74) is 1.87. The van der Waals surface area contributed by atoms with E-state index in [0.717, 1.165) is 23.4 Å². The summed E-state index contributed by atoms with van der Waals surface area (Å²) >= 11 is 0. The highest BCUT2D eigenvalue weighted by Gasteiger charge is 2.40. The van der Waals surface area contributed by atoms with Crippen LogP contribution in [0.1, 0.15) is 37.8 Å². The van der Waals surface area contributed by atoms with Crippen molar-refractivity contribution >= 4 is 11.0 Å². The van der Waals surface area contributed by atoms with Crippen LogP contribution in [0.4, 0.5) is 0 Å². The summed E-state index contributed by atoms with van der Waals surface area (Å²) in [6.07, 6.45) is 2.52. The molecule has 2 aromatic heterocycles. The van der Waals surface area contributed by atoms with Gasteiger partial charge in [-0.3, -0.25) is 4.90 Å². The van der Waals surface area contributed by atoms with Crippen molar-refractivity contribution in [3.05, 3.63) is 42.0 Å². The molecule has 3 aromatic rings. The first-order chi connectivity index (χ1) is 12.0. The second kappa shape index (κ2) is 5.93. The zero-order chi connectivity index (χ0) is 17.6. The van der Waals surface area contributed by atoms with Crippen LogP contribution in [-0.4, -0.2) is 47.6 Å². The van der Waals surface area contributed by atoms with Crippen molar-refractivity contribution in [2.75, 3.05) is 13.1 Å². The third kappa shape index (κ3) is 2.83. The van der Waals surface area contributed by atoms with Crippen molar-refractivity contribution in [2.45, 2.75) is 38.5 Å². The topological polar surface area (TPSA) is 72.0 Å². The van der Waals surface area contributed by atoms with Crippen LogP contribution in [0.25, 0.3) is 11.0 Å². The molecule has 4 rings (SSSR count). The lowest BCUT2D eigenvalue weighted by molar-refractivity contribution is 0.0405. The Labute approximate surface area is 146 Å². The standard InChI is InChI=1S/C18H24N6O/c1-13(2)24-10-16(20-21-24)18(25)8-9-23(12-18)11-17-19-14-6-4-5-7-15(14)22(17)3/h4-7,10,13,25H,8-9,11-12H2,1-3H3/t18-/m0/s1. The Hall–Kier alpha value is -2.25. The number of rotatable bonds is 4. The monoisotopic (exact) mass is 340 g/mol. The van der Waals surface area contributed by atoms with Gasteiger partial charge in [-0.25, -0.2) is 9.67 Å². The molecule has 0 radical (unpaired) electrons. The summed E-state index contributed by atoms with van der Waals surface area (Å²) in [7, 11) is 2.04. The Morgan fingerprint density at radius 3 is 2.80 bits per heavy atom. The van der Waals surface area contributed by atoms with E-state index < -0.39 is 5.60 Å². The first-order valence-corrected chi connectivity index (χ1v) is 8.74. The number of para-hydroxylation sites is 2. The first-order valence-electron chi connectivity index (χ1n) is 8.74. The van der Waals surface area contributed by atoms with Crippen LogP contribution < -0.4 is 0 Å². The number of nitrogens with zero attached hydrogens (tertiary/aromatic N) is 6.